The van der Waals surface area contributed by atoms with Gasteiger partial charge in [-0.05, 0) is 38.0 Å². The fourth-order valence-electron chi connectivity index (χ4n) is 5.27. The van der Waals surface area contributed by atoms with E-state index in [-0.39, 0.29) is 29.6 Å². The van der Waals surface area contributed by atoms with E-state index in [2.05, 4.69) is 34.3 Å². The lowest BCUT2D eigenvalue weighted by molar-refractivity contribution is -0.192. The highest BCUT2D eigenvalue weighted by molar-refractivity contribution is 7.47. The van der Waals surface area contributed by atoms with Gasteiger partial charge in [-0.1, -0.05) is 12.1 Å². The lowest BCUT2D eigenvalue weighted by Crippen LogP contribution is -2.43. The van der Waals surface area contributed by atoms with Crippen molar-refractivity contribution in [3.8, 4) is 0 Å². The topological polar surface area (TPSA) is 360 Å². The van der Waals surface area contributed by atoms with Gasteiger partial charge in [0, 0.05) is 18.5 Å². The van der Waals surface area contributed by atoms with E-state index in [9.17, 15) is 49.4 Å². The summed E-state index contributed by atoms with van der Waals surface area (Å²) in [6.07, 6.45) is -15.0. The Hall–Kier alpha value is -4.19. The SMILES string of the molecule is Cc1nc2nc(N)[nH]c(=O)c2nc1[C@@H](C)Nc1ccc(C[C@@H](O)[C@@H](O)[C@@H](O)CO[C@@H]2O[C@H](COP(=O)(O)O[C@@H](CCC(=O)O)C(=O)O)[C@@H](O)[C@H]2O)cc1. The van der Waals surface area contributed by atoms with Gasteiger partial charge in [0.15, 0.2) is 23.6 Å². The fraction of sp³-hybridized carbons (Fsp3) is 0.533. The number of rotatable bonds is 19. The van der Waals surface area contributed by atoms with Gasteiger partial charge in [-0.2, -0.15) is 4.98 Å². The Bertz CT molecular complexity index is 1850. The number of aromatic nitrogens is 4. The summed E-state index contributed by atoms with van der Waals surface area (Å²) in [5.74, 6) is -3.16. The standard InChI is InChI=1S/C30H41N6O16P/c1-12(21-13(2)33-26-22(34-21)27(44)36-30(31)35-26)32-15-5-3-14(4-6-15)9-16(37)23(41)17(38)10-49-29-25(43)24(42)19(51-29)11-50-53(47,48)52-18(28(45)46)7-8-20(39)40/h3-6,12,16-19,23-25,29,32,37-38,41-43H,7-11H2,1-2H3,(H,39,40)(H,45,46)(H,47,48)(H3,31,33,35,36,44)/t12-,16-,17+,18+,19-,23-,24-,25-,29-/m1/s1. The number of carboxylic acid groups (broad SMARTS) is 2. The van der Waals surface area contributed by atoms with Crippen LogP contribution in [-0.4, -0.2) is 135 Å². The van der Waals surface area contributed by atoms with Crippen LogP contribution in [0.3, 0.4) is 0 Å². The van der Waals surface area contributed by atoms with Crippen LogP contribution in [0.25, 0.3) is 11.2 Å². The fourth-order valence-corrected chi connectivity index (χ4v) is 6.18. The van der Waals surface area contributed by atoms with Crippen LogP contribution in [-0.2, 0) is 39.1 Å². The van der Waals surface area contributed by atoms with Crippen LogP contribution in [0, 0.1) is 6.92 Å². The largest absolute Gasteiger partial charge is 0.481 e. The molecule has 12 N–H and O–H groups in total. The average molecular weight is 773 g/mol. The molecule has 4 rings (SSSR count). The normalized spacial score (nSPS) is 22.8. The molecule has 292 valence electrons. The summed E-state index contributed by atoms with van der Waals surface area (Å²) in [5, 5.41) is 73.2. The van der Waals surface area contributed by atoms with E-state index in [1.54, 1.807) is 31.2 Å². The molecule has 1 unspecified atom stereocenters. The number of hydrogen-bond acceptors (Lipinski definition) is 18. The summed E-state index contributed by atoms with van der Waals surface area (Å²) >= 11 is 0. The van der Waals surface area contributed by atoms with Crippen molar-refractivity contribution in [1.29, 1.82) is 0 Å². The van der Waals surface area contributed by atoms with Crippen LogP contribution >= 0.6 is 7.82 Å². The summed E-state index contributed by atoms with van der Waals surface area (Å²) in [6, 6.07) is 6.37. The molecule has 0 spiro atoms. The van der Waals surface area contributed by atoms with Crippen LogP contribution in [0.1, 0.15) is 42.8 Å². The van der Waals surface area contributed by atoms with E-state index in [0.29, 0.717) is 22.6 Å². The maximum atomic E-state index is 12.3. The van der Waals surface area contributed by atoms with Gasteiger partial charge in [0.1, 0.15) is 30.5 Å². The van der Waals surface area contributed by atoms with E-state index in [0.717, 1.165) is 0 Å². The Morgan fingerprint density at radius 2 is 1.75 bits per heavy atom. The first-order chi connectivity index (χ1) is 24.8. The molecular weight excluding hydrogens is 731 g/mol. The summed E-state index contributed by atoms with van der Waals surface area (Å²) in [5.41, 5.74) is 7.51. The number of hydrogen-bond donors (Lipinski definition) is 11. The molecule has 2 aromatic heterocycles. The minimum Gasteiger partial charge on any atom is -0.481 e. The number of aromatic amines is 1. The quantitative estimate of drug-likeness (QED) is 0.0606. The van der Waals surface area contributed by atoms with Gasteiger partial charge in [0.05, 0.1) is 36.7 Å². The van der Waals surface area contributed by atoms with E-state index < -0.39 is 100 Å². The molecular formula is C30H41N6O16P. The maximum Gasteiger partial charge on any atom is 0.473 e. The molecule has 0 saturated carbocycles. The number of nitrogen functional groups attached to an aromatic ring is 1. The van der Waals surface area contributed by atoms with Crippen LogP contribution in [0.4, 0.5) is 11.6 Å². The number of aryl methyl sites for hydroxylation is 1. The average Bonchev–Trinajstić information content (AvgIpc) is 3.35. The first kappa shape index (κ1) is 41.6. The molecule has 3 heterocycles. The van der Waals surface area contributed by atoms with Crippen LogP contribution in [0.5, 0.6) is 0 Å². The zero-order valence-corrected chi connectivity index (χ0v) is 29.1. The third kappa shape index (κ3) is 11.2. The number of aliphatic carboxylic acids is 2. The van der Waals surface area contributed by atoms with E-state index >= 15 is 0 Å². The molecule has 3 aromatic rings. The van der Waals surface area contributed by atoms with E-state index in [4.69, 9.17) is 25.4 Å². The van der Waals surface area contributed by atoms with Gasteiger partial charge in [-0.3, -0.25) is 23.6 Å². The summed E-state index contributed by atoms with van der Waals surface area (Å²) in [6.45, 7) is 1.94. The molecule has 0 bridgehead atoms. The minimum atomic E-state index is -5.11. The Labute approximate surface area is 299 Å². The van der Waals surface area contributed by atoms with E-state index in [1.807, 2.05) is 6.92 Å². The predicted molar refractivity (Wildman–Crippen MR) is 179 cm³/mol. The first-order valence-electron chi connectivity index (χ1n) is 16.0. The number of H-pyrrole nitrogens is 1. The maximum absolute atomic E-state index is 12.3. The van der Waals surface area contributed by atoms with Crippen molar-refractivity contribution >= 4 is 42.6 Å². The van der Waals surface area contributed by atoms with Crippen LogP contribution in [0.15, 0.2) is 29.1 Å². The van der Waals surface area contributed by atoms with Crippen molar-refractivity contribution in [2.75, 3.05) is 24.3 Å². The van der Waals surface area contributed by atoms with Crippen molar-refractivity contribution in [3.63, 3.8) is 0 Å². The van der Waals surface area contributed by atoms with Gasteiger partial charge in [0.25, 0.3) is 5.56 Å². The Kier molecular flexibility index (Phi) is 13.9. The molecule has 0 amide bonds. The number of carbonyl (C=O) groups is 2. The molecule has 53 heavy (non-hydrogen) atoms. The minimum absolute atomic E-state index is 0.0382. The monoisotopic (exact) mass is 772 g/mol. The Morgan fingerprint density at radius 1 is 1.08 bits per heavy atom. The Morgan fingerprint density at radius 3 is 2.40 bits per heavy atom. The molecule has 1 fully saturated rings. The van der Waals surface area contributed by atoms with Crippen molar-refractivity contribution in [1.82, 2.24) is 19.9 Å². The van der Waals surface area contributed by atoms with Gasteiger partial charge >= 0.3 is 19.8 Å². The molecule has 0 radical (unpaired) electrons. The number of aliphatic hydroxyl groups excluding tert-OH is 5. The van der Waals surface area contributed by atoms with Crippen LogP contribution < -0.4 is 16.6 Å². The number of carboxylic acids is 2. The Balaban J connectivity index is 1.24. The third-order valence-electron chi connectivity index (χ3n) is 8.06. The van der Waals surface area contributed by atoms with Gasteiger partial charge in [-0.15, -0.1) is 0 Å². The summed E-state index contributed by atoms with van der Waals surface area (Å²) in [7, 11) is -5.11. The smallest absolute Gasteiger partial charge is 0.473 e. The molecule has 1 aliphatic heterocycles. The van der Waals surface area contributed by atoms with E-state index in [1.165, 1.54) is 0 Å². The molecule has 0 aliphatic carbocycles. The van der Waals surface area contributed by atoms with Crippen molar-refractivity contribution in [2.45, 2.75) is 88.2 Å². The lowest BCUT2D eigenvalue weighted by Gasteiger charge is -2.25. The summed E-state index contributed by atoms with van der Waals surface area (Å²) in [4.78, 5) is 59.2. The number of nitrogens with one attached hydrogen (secondary N) is 2. The number of ether oxygens (including phenoxy) is 2. The molecule has 23 heteroatoms. The van der Waals surface area contributed by atoms with Crippen molar-refractivity contribution in [2.24, 2.45) is 0 Å². The second-order valence-corrected chi connectivity index (χ2v) is 13.6. The predicted octanol–water partition coefficient (Wildman–Crippen LogP) is -1.68. The molecule has 1 aromatic carbocycles. The van der Waals surface area contributed by atoms with Crippen LogP contribution in [0.2, 0.25) is 0 Å². The molecule has 1 saturated heterocycles. The highest BCUT2D eigenvalue weighted by atomic mass is 31.2. The second kappa shape index (κ2) is 17.8. The molecule has 10 atom stereocenters. The second-order valence-electron chi connectivity index (χ2n) is 12.2. The number of benzene rings is 1. The molecule has 1 aliphatic rings. The highest BCUT2D eigenvalue weighted by Gasteiger charge is 2.45. The lowest BCUT2D eigenvalue weighted by atomic mass is 10.0. The number of nitrogens with two attached hydrogens (primary N) is 1. The zero-order valence-electron chi connectivity index (χ0n) is 28.3. The van der Waals surface area contributed by atoms with Gasteiger partial charge < -0.3 is 61.2 Å². The number of nitrogens with zero attached hydrogens (tertiary/aromatic N) is 3. The number of aliphatic hydroxyl groups is 5. The zero-order chi connectivity index (χ0) is 39.2. The number of fused-ring (bicyclic) bond motifs is 1. The van der Waals surface area contributed by atoms with Gasteiger partial charge in [-0.25, -0.2) is 19.3 Å². The highest BCUT2D eigenvalue weighted by Crippen LogP contribution is 2.46. The number of phosphoric acid groups is 1. The number of phosphoric ester groups is 1. The summed E-state index contributed by atoms with van der Waals surface area (Å²) < 4.78 is 32.0. The van der Waals surface area contributed by atoms with Gasteiger partial charge in [0.2, 0.25) is 5.95 Å². The number of anilines is 2. The first-order valence-corrected chi connectivity index (χ1v) is 17.5. The van der Waals surface area contributed by atoms with Crippen molar-refractivity contribution in [3.05, 3.63) is 51.6 Å². The third-order valence-corrected chi connectivity index (χ3v) is 9.06. The van der Waals surface area contributed by atoms with Crippen molar-refractivity contribution < 1.29 is 73.3 Å². The molecule has 22 nitrogen and oxygen atoms in total.